The van der Waals surface area contributed by atoms with Crippen LogP contribution in [0.4, 0.5) is 5.69 Å². The Hall–Kier alpha value is -3.57. The minimum atomic E-state index is -3.27. The molecule has 10 nitrogen and oxygen atoms in total. The molecule has 11 heteroatoms. The molecule has 2 aromatic carbocycles. The molecule has 1 N–H and O–H groups in total. The van der Waals surface area contributed by atoms with Crippen molar-refractivity contribution in [3.8, 4) is 23.0 Å². The molecule has 0 unspecified atom stereocenters. The van der Waals surface area contributed by atoms with E-state index in [9.17, 15) is 13.2 Å². The molecule has 1 aromatic heterocycles. The number of ether oxygens (including phenoxy) is 2. The summed E-state index contributed by atoms with van der Waals surface area (Å²) < 4.78 is 43.4. The number of amides is 1. The zero-order valence-electron chi connectivity index (χ0n) is 23.1. The van der Waals surface area contributed by atoms with Gasteiger partial charge < -0.3 is 24.1 Å². The first-order chi connectivity index (χ1) is 19.1. The summed E-state index contributed by atoms with van der Waals surface area (Å²) in [7, 11) is -1.59. The van der Waals surface area contributed by atoms with Gasteiger partial charge in [0.2, 0.25) is 15.9 Å². The van der Waals surface area contributed by atoms with Crippen LogP contribution in [0.1, 0.15) is 48.4 Å². The van der Waals surface area contributed by atoms with Crippen LogP contribution in [0, 0.1) is 5.92 Å². The standard InChI is InChI=1S/C29H34N4O6S/c1-5-40(35,36)33-13-11-32(12-14-33)28(34)22-17-39-27(31-22)18-9-10-21-19(15-18)29(2,3)20-16-38-24-8-6-7-23(37-4)25(24)26(20)30-21/h6-10,15,17,20,26,30H,5,11-14,16H2,1-4H3/t20-,26-/m1/s1. The Morgan fingerprint density at radius 3 is 2.67 bits per heavy atom. The van der Waals surface area contributed by atoms with Crippen molar-refractivity contribution < 1.29 is 27.1 Å². The number of carbonyl (C=O) groups is 1. The van der Waals surface area contributed by atoms with E-state index in [1.165, 1.54) is 10.6 Å². The maximum Gasteiger partial charge on any atom is 0.275 e. The van der Waals surface area contributed by atoms with Crippen LogP contribution in [0.25, 0.3) is 11.5 Å². The van der Waals surface area contributed by atoms with Crippen LogP contribution in [-0.2, 0) is 15.4 Å². The lowest BCUT2D eigenvalue weighted by Crippen LogP contribution is -2.50. The van der Waals surface area contributed by atoms with Crippen molar-refractivity contribution in [1.29, 1.82) is 0 Å². The molecule has 1 saturated heterocycles. The quantitative estimate of drug-likeness (QED) is 0.495. The lowest BCUT2D eigenvalue weighted by molar-refractivity contribution is 0.0692. The van der Waals surface area contributed by atoms with Gasteiger partial charge >= 0.3 is 0 Å². The SMILES string of the molecule is CCS(=O)(=O)N1CCN(C(=O)c2coc(-c3ccc4c(c3)C(C)(C)[C@@H]3COc5cccc(OC)c5[C@@H]3N4)n2)CC1. The number of hydrogen-bond acceptors (Lipinski definition) is 8. The number of piperazine rings is 1. The Kier molecular flexibility index (Phi) is 6.53. The van der Waals surface area contributed by atoms with Gasteiger partial charge in [0.25, 0.3) is 5.91 Å². The number of aromatic nitrogens is 1. The van der Waals surface area contributed by atoms with Crippen LogP contribution in [0.15, 0.2) is 47.1 Å². The summed E-state index contributed by atoms with van der Waals surface area (Å²) in [5.41, 5.74) is 3.92. The topological polar surface area (TPSA) is 114 Å². The van der Waals surface area contributed by atoms with E-state index in [0.29, 0.717) is 25.6 Å². The van der Waals surface area contributed by atoms with Crippen LogP contribution in [0.5, 0.6) is 11.5 Å². The fourth-order valence-electron chi connectivity index (χ4n) is 6.13. The number of fused-ring (bicyclic) bond motifs is 4. The van der Waals surface area contributed by atoms with Crippen molar-refractivity contribution in [3.05, 3.63) is 59.5 Å². The molecular formula is C29H34N4O6S. The van der Waals surface area contributed by atoms with Crippen LogP contribution in [-0.4, -0.2) is 74.2 Å². The second-order valence-electron chi connectivity index (χ2n) is 11.0. The Morgan fingerprint density at radius 1 is 1.18 bits per heavy atom. The largest absolute Gasteiger partial charge is 0.496 e. The average Bonchev–Trinajstić information content (AvgIpc) is 3.46. The van der Waals surface area contributed by atoms with Gasteiger partial charge in [0.15, 0.2) is 5.69 Å². The number of rotatable bonds is 5. The number of carbonyl (C=O) groups excluding carboxylic acids is 1. The van der Waals surface area contributed by atoms with Crippen molar-refractivity contribution >= 4 is 21.6 Å². The van der Waals surface area contributed by atoms with Crippen LogP contribution in [0.2, 0.25) is 0 Å². The number of anilines is 1. The minimum Gasteiger partial charge on any atom is -0.496 e. The molecule has 0 bridgehead atoms. The fraction of sp³-hybridized carbons (Fsp3) is 0.448. The number of benzene rings is 2. The predicted octanol–water partition coefficient (Wildman–Crippen LogP) is 3.91. The second-order valence-corrected chi connectivity index (χ2v) is 13.3. The predicted molar refractivity (Wildman–Crippen MR) is 150 cm³/mol. The molecule has 3 aliphatic heterocycles. The highest BCUT2D eigenvalue weighted by atomic mass is 32.2. The van der Waals surface area contributed by atoms with Gasteiger partial charge in [0, 0.05) is 48.8 Å². The summed E-state index contributed by atoms with van der Waals surface area (Å²) in [6.45, 7) is 7.83. The third-order valence-corrected chi connectivity index (χ3v) is 10.5. The molecule has 40 heavy (non-hydrogen) atoms. The normalized spacial score (nSPS) is 21.9. The average molecular weight is 567 g/mol. The number of nitrogens with zero attached hydrogens (tertiary/aromatic N) is 3. The molecular weight excluding hydrogens is 532 g/mol. The number of hydrogen-bond donors (Lipinski definition) is 1. The van der Waals surface area contributed by atoms with Crippen molar-refractivity contribution in [3.63, 3.8) is 0 Å². The van der Waals surface area contributed by atoms with E-state index in [-0.39, 0.29) is 47.8 Å². The Labute approximate surface area is 234 Å². The van der Waals surface area contributed by atoms with E-state index >= 15 is 0 Å². The van der Waals surface area contributed by atoms with E-state index in [4.69, 9.17) is 13.9 Å². The van der Waals surface area contributed by atoms with E-state index in [2.05, 4.69) is 30.2 Å². The van der Waals surface area contributed by atoms with Crippen molar-refractivity contribution in [2.75, 3.05) is 51.0 Å². The highest BCUT2D eigenvalue weighted by Crippen LogP contribution is 2.54. The van der Waals surface area contributed by atoms with Crippen LogP contribution >= 0.6 is 0 Å². The maximum atomic E-state index is 13.1. The van der Waals surface area contributed by atoms with Crippen LogP contribution in [0.3, 0.4) is 0 Å². The minimum absolute atomic E-state index is 0.0343. The number of sulfonamides is 1. The highest BCUT2D eigenvalue weighted by molar-refractivity contribution is 7.89. The van der Waals surface area contributed by atoms with Crippen molar-refractivity contribution in [2.45, 2.75) is 32.2 Å². The molecule has 2 atom stereocenters. The summed E-state index contributed by atoms with van der Waals surface area (Å²) >= 11 is 0. The molecule has 0 saturated carbocycles. The third-order valence-electron chi connectivity index (χ3n) is 8.58. The summed E-state index contributed by atoms with van der Waals surface area (Å²) in [6, 6.07) is 12.0. The number of methoxy groups -OCH3 is 1. The molecule has 3 aromatic rings. The monoisotopic (exact) mass is 566 g/mol. The molecule has 1 amide bonds. The van der Waals surface area contributed by atoms with Gasteiger partial charge in [-0.2, -0.15) is 4.31 Å². The van der Waals surface area contributed by atoms with E-state index in [1.54, 1.807) is 18.9 Å². The van der Waals surface area contributed by atoms with Gasteiger partial charge in [-0.1, -0.05) is 19.9 Å². The number of nitrogens with one attached hydrogen (secondary N) is 1. The summed E-state index contributed by atoms with van der Waals surface area (Å²) in [5, 5.41) is 3.73. The first-order valence-corrected chi connectivity index (χ1v) is 15.2. The van der Waals surface area contributed by atoms with E-state index in [1.807, 2.05) is 30.3 Å². The molecule has 1 fully saturated rings. The summed E-state index contributed by atoms with van der Waals surface area (Å²) in [6.07, 6.45) is 1.38. The zero-order valence-corrected chi connectivity index (χ0v) is 24.0. The van der Waals surface area contributed by atoms with Crippen molar-refractivity contribution in [1.82, 2.24) is 14.2 Å². The Balaban J connectivity index is 1.24. The smallest absolute Gasteiger partial charge is 0.275 e. The molecule has 3 aliphatic rings. The lowest BCUT2D eigenvalue weighted by atomic mass is 9.65. The molecule has 212 valence electrons. The van der Waals surface area contributed by atoms with Gasteiger partial charge in [-0.15, -0.1) is 0 Å². The highest BCUT2D eigenvalue weighted by Gasteiger charge is 2.47. The molecule has 0 spiro atoms. The first kappa shape index (κ1) is 26.6. The maximum absolute atomic E-state index is 13.1. The lowest BCUT2D eigenvalue weighted by Gasteiger charge is -2.48. The van der Waals surface area contributed by atoms with Gasteiger partial charge in [0.1, 0.15) is 17.8 Å². The van der Waals surface area contributed by atoms with Crippen LogP contribution < -0.4 is 14.8 Å². The molecule has 6 rings (SSSR count). The Morgan fingerprint density at radius 2 is 1.95 bits per heavy atom. The number of oxazole rings is 1. The zero-order chi connectivity index (χ0) is 28.2. The summed E-state index contributed by atoms with van der Waals surface area (Å²) in [5.74, 6) is 1.95. The fourth-order valence-corrected chi connectivity index (χ4v) is 7.22. The molecule has 4 heterocycles. The first-order valence-electron chi connectivity index (χ1n) is 13.6. The third kappa shape index (κ3) is 4.32. The van der Waals surface area contributed by atoms with Gasteiger partial charge in [0.05, 0.1) is 31.1 Å². The molecule has 0 radical (unpaired) electrons. The van der Waals surface area contributed by atoms with Crippen molar-refractivity contribution in [2.24, 2.45) is 5.92 Å². The van der Waals surface area contributed by atoms with Gasteiger partial charge in [-0.05, 0) is 42.8 Å². The Bertz CT molecular complexity index is 1540. The summed E-state index contributed by atoms with van der Waals surface area (Å²) in [4.78, 5) is 19.3. The second kappa shape index (κ2) is 9.81. The van der Waals surface area contributed by atoms with E-state index in [0.717, 1.165) is 33.9 Å². The van der Waals surface area contributed by atoms with Gasteiger partial charge in [-0.25, -0.2) is 13.4 Å². The molecule has 0 aliphatic carbocycles. The van der Waals surface area contributed by atoms with E-state index < -0.39 is 10.0 Å². The van der Waals surface area contributed by atoms with Gasteiger partial charge in [-0.3, -0.25) is 4.79 Å².